The molecule has 0 bridgehead atoms. The maximum Gasteiger partial charge on any atom is 0.291 e. The van der Waals surface area contributed by atoms with Crippen LogP contribution in [-0.4, -0.2) is 18.4 Å². The van der Waals surface area contributed by atoms with Crippen LogP contribution in [0.1, 0.15) is 10.6 Å². The van der Waals surface area contributed by atoms with Crippen LogP contribution in [0.25, 0.3) is 0 Å². The molecule has 3 aromatic rings. The molecule has 0 atom stereocenters. The standard InChI is InChI=1S/C19H15IN2O4/c20-13-3-1-4-15(11-13)21-18(23)12-26-16-8-6-14(7-9-16)22-19(24)17-5-2-10-25-17/h1-11H,12H2,(H,21,23)(H,22,24). The van der Waals surface area contributed by atoms with Crippen molar-refractivity contribution in [3.05, 3.63) is 76.3 Å². The third-order valence-electron chi connectivity index (χ3n) is 3.34. The number of furan rings is 1. The molecule has 26 heavy (non-hydrogen) atoms. The first-order chi connectivity index (χ1) is 12.6. The van der Waals surface area contributed by atoms with E-state index in [1.54, 1.807) is 36.4 Å². The number of hydrogen-bond acceptors (Lipinski definition) is 4. The highest BCUT2D eigenvalue weighted by atomic mass is 127. The van der Waals surface area contributed by atoms with E-state index in [4.69, 9.17) is 9.15 Å². The number of anilines is 2. The van der Waals surface area contributed by atoms with E-state index in [1.165, 1.54) is 6.26 Å². The smallest absolute Gasteiger partial charge is 0.291 e. The quantitative estimate of drug-likeness (QED) is 0.540. The number of nitrogens with one attached hydrogen (secondary N) is 2. The van der Waals surface area contributed by atoms with Gasteiger partial charge in [0, 0.05) is 14.9 Å². The minimum Gasteiger partial charge on any atom is -0.484 e. The van der Waals surface area contributed by atoms with Crippen molar-refractivity contribution in [3.8, 4) is 5.75 Å². The van der Waals surface area contributed by atoms with Gasteiger partial charge in [-0.05, 0) is 77.2 Å². The van der Waals surface area contributed by atoms with E-state index in [0.717, 1.165) is 9.26 Å². The Bertz CT molecular complexity index is 892. The van der Waals surface area contributed by atoms with Gasteiger partial charge in [0.05, 0.1) is 6.26 Å². The van der Waals surface area contributed by atoms with E-state index in [0.29, 0.717) is 11.4 Å². The van der Waals surface area contributed by atoms with Crippen molar-refractivity contribution in [2.45, 2.75) is 0 Å². The molecule has 1 aromatic heterocycles. The molecule has 0 saturated heterocycles. The predicted molar refractivity (Wildman–Crippen MR) is 106 cm³/mol. The molecule has 0 spiro atoms. The van der Waals surface area contributed by atoms with Gasteiger partial charge in [-0.1, -0.05) is 6.07 Å². The van der Waals surface area contributed by atoms with Gasteiger partial charge >= 0.3 is 0 Å². The van der Waals surface area contributed by atoms with E-state index in [2.05, 4.69) is 33.2 Å². The van der Waals surface area contributed by atoms with Crippen molar-refractivity contribution in [1.29, 1.82) is 0 Å². The van der Waals surface area contributed by atoms with Crippen LogP contribution in [0.2, 0.25) is 0 Å². The topological polar surface area (TPSA) is 80.6 Å². The molecule has 2 N–H and O–H groups in total. The van der Waals surface area contributed by atoms with Crippen LogP contribution in [0, 0.1) is 3.57 Å². The van der Waals surface area contributed by atoms with Crippen molar-refractivity contribution in [1.82, 2.24) is 0 Å². The number of ether oxygens (including phenoxy) is 1. The second-order valence-electron chi connectivity index (χ2n) is 5.30. The van der Waals surface area contributed by atoms with Gasteiger partial charge < -0.3 is 19.8 Å². The number of rotatable bonds is 6. The molecule has 132 valence electrons. The molecule has 6 nitrogen and oxygen atoms in total. The minimum atomic E-state index is -0.333. The maximum atomic E-state index is 11.9. The van der Waals surface area contributed by atoms with Crippen molar-refractivity contribution >= 4 is 45.8 Å². The van der Waals surface area contributed by atoms with Gasteiger partial charge in [0.15, 0.2) is 12.4 Å². The van der Waals surface area contributed by atoms with Gasteiger partial charge in [0.2, 0.25) is 0 Å². The fraction of sp³-hybridized carbons (Fsp3) is 0.0526. The molecule has 0 aliphatic carbocycles. The second-order valence-corrected chi connectivity index (χ2v) is 6.55. The zero-order valence-electron chi connectivity index (χ0n) is 13.6. The van der Waals surface area contributed by atoms with Gasteiger partial charge in [0.1, 0.15) is 5.75 Å². The molecule has 1 heterocycles. The van der Waals surface area contributed by atoms with Crippen LogP contribution in [0.3, 0.4) is 0 Å². The molecular formula is C19H15IN2O4. The summed E-state index contributed by atoms with van der Waals surface area (Å²) in [4.78, 5) is 23.8. The van der Waals surface area contributed by atoms with Crippen molar-refractivity contribution in [2.24, 2.45) is 0 Å². The number of hydrogen-bond donors (Lipinski definition) is 2. The summed E-state index contributed by atoms with van der Waals surface area (Å²) in [6.07, 6.45) is 1.44. The Morgan fingerprint density at radius 1 is 0.962 bits per heavy atom. The summed E-state index contributed by atoms with van der Waals surface area (Å²) < 4.78 is 11.5. The lowest BCUT2D eigenvalue weighted by atomic mass is 10.3. The highest BCUT2D eigenvalue weighted by Gasteiger charge is 2.09. The molecule has 0 aliphatic rings. The summed E-state index contributed by atoms with van der Waals surface area (Å²) in [7, 11) is 0. The van der Waals surface area contributed by atoms with Crippen LogP contribution in [0.4, 0.5) is 11.4 Å². The van der Waals surface area contributed by atoms with Crippen molar-refractivity contribution in [2.75, 3.05) is 17.2 Å². The lowest BCUT2D eigenvalue weighted by molar-refractivity contribution is -0.118. The Balaban J connectivity index is 1.49. The van der Waals surface area contributed by atoms with E-state index >= 15 is 0 Å². The molecule has 0 aliphatic heterocycles. The molecule has 0 unspecified atom stereocenters. The van der Waals surface area contributed by atoms with Crippen molar-refractivity contribution < 1.29 is 18.7 Å². The number of amides is 2. The lowest BCUT2D eigenvalue weighted by Gasteiger charge is -2.09. The summed E-state index contributed by atoms with van der Waals surface area (Å²) in [5.74, 6) is 0.180. The average molecular weight is 462 g/mol. The van der Waals surface area contributed by atoms with Crippen molar-refractivity contribution in [3.63, 3.8) is 0 Å². The Morgan fingerprint density at radius 3 is 2.46 bits per heavy atom. The Kier molecular flexibility index (Phi) is 5.90. The molecule has 7 heteroatoms. The van der Waals surface area contributed by atoms with E-state index in [-0.39, 0.29) is 24.2 Å². The summed E-state index contributed by atoms with van der Waals surface area (Å²) in [6, 6.07) is 17.5. The first-order valence-electron chi connectivity index (χ1n) is 7.73. The van der Waals surface area contributed by atoms with Gasteiger partial charge in [-0.3, -0.25) is 9.59 Å². The first kappa shape index (κ1) is 18.0. The maximum absolute atomic E-state index is 11.9. The minimum absolute atomic E-state index is 0.108. The van der Waals surface area contributed by atoms with Crippen LogP contribution < -0.4 is 15.4 Å². The summed E-state index contributed by atoms with van der Waals surface area (Å²) >= 11 is 2.18. The molecular weight excluding hydrogens is 447 g/mol. The average Bonchev–Trinajstić information content (AvgIpc) is 3.16. The SMILES string of the molecule is O=C(COc1ccc(NC(=O)c2ccco2)cc1)Nc1cccc(I)c1. The highest BCUT2D eigenvalue weighted by molar-refractivity contribution is 14.1. The third-order valence-corrected chi connectivity index (χ3v) is 4.01. The van der Waals surface area contributed by atoms with E-state index < -0.39 is 0 Å². The zero-order chi connectivity index (χ0) is 18.4. The van der Waals surface area contributed by atoms with Gasteiger partial charge in [0.25, 0.3) is 11.8 Å². The highest BCUT2D eigenvalue weighted by Crippen LogP contribution is 2.17. The molecule has 3 rings (SSSR count). The van der Waals surface area contributed by atoms with Crippen LogP contribution >= 0.6 is 22.6 Å². The van der Waals surface area contributed by atoms with Crippen LogP contribution in [0.15, 0.2) is 71.3 Å². The molecule has 0 radical (unpaired) electrons. The Morgan fingerprint density at radius 2 is 1.77 bits per heavy atom. The van der Waals surface area contributed by atoms with Gasteiger partial charge in [-0.25, -0.2) is 0 Å². The van der Waals surface area contributed by atoms with E-state index in [1.807, 2.05) is 24.3 Å². The molecule has 2 aromatic carbocycles. The van der Waals surface area contributed by atoms with Crippen LogP contribution in [0.5, 0.6) is 5.75 Å². The predicted octanol–water partition coefficient (Wildman–Crippen LogP) is 4.15. The van der Waals surface area contributed by atoms with Crippen LogP contribution in [-0.2, 0) is 4.79 Å². The molecule has 2 amide bonds. The lowest BCUT2D eigenvalue weighted by Crippen LogP contribution is -2.20. The Labute approximate surface area is 163 Å². The van der Waals surface area contributed by atoms with Gasteiger partial charge in [-0.15, -0.1) is 0 Å². The zero-order valence-corrected chi connectivity index (χ0v) is 15.7. The molecule has 0 fully saturated rings. The third kappa shape index (κ3) is 5.09. The van der Waals surface area contributed by atoms with E-state index in [9.17, 15) is 9.59 Å². The fourth-order valence-electron chi connectivity index (χ4n) is 2.15. The number of carbonyl (C=O) groups is 2. The number of carbonyl (C=O) groups excluding carboxylic acids is 2. The van der Waals surface area contributed by atoms with Gasteiger partial charge in [-0.2, -0.15) is 0 Å². The largest absolute Gasteiger partial charge is 0.484 e. The monoisotopic (exact) mass is 462 g/mol. The molecule has 0 saturated carbocycles. The first-order valence-corrected chi connectivity index (χ1v) is 8.81. The normalized spacial score (nSPS) is 10.2. The summed E-state index contributed by atoms with van der Waals surface area (Å²) in [5, 5.41) is 5.48. The second kappa shape index (κ2) is 8.52. The Hall–Kier alpha value is -2.81. The fourth-order valence-corrected chi connectivity index (χ4v) is 2.69. The summed E-state index contributed by atoms with van der Waals surface area (Å²) in [5.41, 5.74) is 1.32. The number of benzene rings is 2. The number of halogens is 1. The summed E-state index contributed by atoms with van der Waals surface area (Å²) in [6.45, 7) is -0.108.